The zero-order valence-corrected chi connectivity index (χ0v) is 13.5. The second kappa shape index (κ2) is 6.56. The van der Waals surface area contributed by atoms with Crippen molar-refractivity contribution in [2.45, 2.75) is 19.4 Å². The quantitative estimate of drug-likeness (QED) is 0.331. The molecule has 0 unspecified atom stereocenters. The van der Waals surface area contributed by atoms with Crippen molar-refractivity contribution >= 4 is 33.3 Å². The number of nitrogens with one attached hydrogen (secondary N) is 3. The maximum atomic E-state index is 12.0. The van der Waals surface area contributed by atoms with Crippen LogP contribution in [-0.4, -0.2) is 37.6 Å². The van der Waals surface area contributed by atoms with Gasteiger partial charge >= 0.3 is 0 Å². The highest BCUT2D eigenvalue weighted by molar-refractivity contribution is 7.88. The third-order valence-corrected chi connectivity index (χ3v) is 3.47. The first-order valence-electron chi connectivity index (χ1n) is 5.94. The number of nitrogens with zero attached hydrogens (tertiary/aromatic N) is 1. The van der Waals surface area contributed by atoms with Crippen LogP contribution in [-0.2, 0) is 10.0 Å². The lowest BCUT2D eigenvalue weighted by molar-refractivity contribution is 0.0944. The summed E-state index contributed by atoms with van der Waals surface area (Å²) in [5.41, 5.74) is 1.74. The Balaban J connectivity index is 2.76. The predicted molar refractivity (Wildman–Crippen MR) is 81.4 cm³/mol. The first-order valence-corrected chi connectivity index (χ1v) is 8.21. The van der Waals surface area contributed by atoms with Crippen LogP contribution >= 0.6 is 11.6 Å². The van der Waals surface area contributed by atoms with Crippen LogP contribution < -0.4 is 21.3 Å². The van der Waals surface area contributed by atoms with E-state index in [9.17, 15) is 13.2 Å². The number of carbonyl (C=O) groups is 1. The Hall–Kier alpha value is -1.42. The van der Waals surface area contributed by atoms with E-state index in [2.05, 4.69) is 20.4 Å². The van der Waals surface area contributed by atoms with Crippen LogP contribution in [0, 0.1) is 0 Å². The minimum absolute atomic E-state index is 0.101. The number of halogens is 1. The van der Waals surface area contributed by atoms with Crippen LogP contribution in [0.5, 0.6) is 0 Å². The molecule has 0 fully saturated rings. The van der Waals surface area contributed by atoms with Gasteiger partial charge in [0.2, 0.25) is 10.0 Å². The van der Waals surface area contributed by atoms with Gasteiger partial charge in [0.1, 0.15) is 11.0 Å². The highest BCUT2D eigenvalue weighted by Crippen LogP contribution is 2.14. The number of aromatic nitrogens is 1. The smallest absolute Gasteiger partial charge is 0.251 e. The first kappa shape index (κ1) is 17.6. The number of pyridine rings is 1. The zero-order chi connectivity index (χ0) is 16.3. The van der Waals surface area contributed by atoms with Gasteiger partial charge in [0.25, 0.3) is 5.91 Å². The zero-order valence-electron chi connectivity index (χ0n) is 11.9. The van der Waals surface area contributed by atoms with Gasteiger partial charge in [-0.2, -0.15) is 0 Å². The molecule has 21 heavy (non-hydrogen) atoms. The summed E-state index contributed by atoms with van der Waals surface area (Å²) >= 11 is 5.77. The molecule has 0 saturated heterocycles. The summed E-state index contributed by atoms with van der Waals surface area (Å²) in [5.74, 6) is 5.05. The van der Waals surface area contributed by atoms with E-state index in [-0.39, 0.29) is 23.1 Å². The molecule has 0 aliphatic heterocycles. The highest BCUT2D eigenvalue weighted by Gasteiger charge is 2.23. The molecule has 1 aromatic rings. The molecular formula is C11H18ClN5O3S. The van der Waals surface area contributed by atoms with Gasteiger partial charge in [-0.05, 0) is 26.0 Å². The largest absolute Gasteiger partial charge is 0.350 e. The summed E-state index contributed by atoms with van der Waals surface area (Å²) < 4.78 is 24.9. The number of hydrogen-bond acceptors (Lipinski definition) is 6. The van der Waals surface area contributed by atoms with Gasteiger partial charge in [-0.3, -0.25) is 4.79 Å². The first-order chi connectivity index (χ1) is 9.52. The summed E-state index contributed by atoms with van der Waals surface area (Å²) in [6, 6.07) is 2.81. The van der Waals surface area contributed by atoms with Crippen molar-refractivity contribution in [1.29, 1.82) is 0 Å². The van der Waals surface area contributed by atoms with Gasteiger partial charge in [-0.1, -0.05) is 11.6 Å². The van der Waals surface area contributed by atoms with Crippen molar-refractivity contribution in [3.8, 4) is 0 Å². The van der Waals surface area contributed by atoms with Gasteiger partial charge in [0, 0.05) is 17.6 Å². The van der Waals surface area contributed by atoms with Crippen LogP contribution in [0.4, 0.5) is 5.82 Å². The van der Waals surface area contributed by atoms with Crippen LogP contribution in [0.25, 0.3) is 0 Å². The second-order valence-electron chi connectivity index (χ2n) is 5.15. The Labute approximate surface area is 128 Å². The van der Waals surface area contributed by atoms with E-state index >= 15 is 0 Å². The lowest BCUT2D eigenvalue weighted by Gasteiger charge is -2.25. The number of amides is 1. The van der Waals surface area contributed by atoms with E-state index in [1.807, 2.05) is 0 Å². The molecule has 0 spiro atoms. The van der Waals surface area contributed by atoms with Crippen molar-refractivity contribution in [2.24, 2.45) is 5.84 Å². The molecular weight excluding hydrogens is 318 g/mol. The summed E-state index contributed by atoms with van der Waals surface area (Å²) in [4.78, 5) is 15.9. The summed E-state index contributed by atoms with van der Waals surface area (Å²) in [6.07, 6.45) is 1.05. The molecule has 1 aromatic heterocycles. The SMILES string of the molecule is CC(C)(CNC(=O)c1cc(Cl)nc(NN)c1)NS(C)(=O)=O. The van der Waals surface area contributed by atoms with Gasteiger partial charge in [-0.25, -0.2) is 24.0 Å². The predicted octanol–water partition coefficient (Wildman–Crippen LogP) is 0.0782. The van der Waals surface area contributed by atoms with E-state index in [4.69, 9.17) is 17.4 Å². The Morgan fingerprint density at radius 2 is 2.05 bits per heavy atom. The fourth-order valence-corrected chi connectivity index (χ4v) is 2.93. The number of anilines is 1. The van der Waals surface area contributed by atoms with E-state index in [1.54, 1.807) is 13.8 Å². The third-order valence-electron chi connectivity index (χ3n) is 2.36. The highest BCUT2D eigenvalue weighted by atomic mass is 35.5. The van der Waals surface area contributed by atoms with E-state index in [1.165, 1.54) is 12.1 Å². The fourth-order valence-electron chi connectivity index (χ4n) is 1.64. The van der Waals surface area contributed by atoms with Gasteiger partial charge in [-0.15, -0.1) is 0 Å². The molecule has 8 nitrogen and oxygen atoms in total. The maximum absolute atomic E-state index is 12.0. The van der Waals surface area contributed by atoms with E-state index in [0.717, 1.165) is 6.26 Å². The summed E-state index contributed by atoms with van der Waals surface area (Å²) in [5, 5.41) is 2.73. The van der Waals surface area contributed by atoms with Gasteiger partial charge in [0.15, 0.2) is 0 Å². The minimum Gasteiger partial charge on any atom is -0.350 e. The Bertz CT molecular complexity index is 633. The standard InChI is InChI=1S/C11H18ClN5O3S/c1-11(2,17-21(3,19)20)6-14-10(18)7-4-8(12)15-9(5-7)16-13/h4-5,17H,6,13H2,1-3H3,(H,14,18)(H,15,16). The molecule has 1 heterocycles. The molecule has 0 aliphatic carbocycles. The van der Waals surface area contributed by atoms with E-state index < -0.39 is 21.5 Å². The molecule has 0 bridgehead atoms. The van der Waals surface area contributed by atoms with Crippen LogP contribution in [0.1, 0.15) is 24.2 Å². The molecule has 0 saturated carbocycles. The molecule has 1 rings (SSSR count). The summed E-state index contributed by atoms with van der Waals surface area (Å²) in [6.45, 7) is 3.41. The molecule has 0 aromatic carbocycles. The Morgan fingerprint density at radius 1 is 1.43 bits per heavy atom. The second-order valence-corrected chi connectivity index (χ2v) is 7.28. The molecule has 0 radical (unpaired) electrons. The number of hydrazine groups is 1. The lowest BCUT2D eigenvalue weighted by atomic mass is 10.1. The third kappa shape index (κ3) is 6.25. The Kier molecular flexibility index (Phi) is 5.51. The number of sulfonamides is 1. The molecule has 1 amide bonds. The number of nitrogen functional groups attached to an aromatic ring is 1. The van der Waals surface area contributed by atoms with Crippen molar-refractivity contribution in [1.82, 2.24) is 15.0 Å². The minimum atomic E-state index is -3.37. The maximum Gasteiger partial charge on any atom is 0.251 e. The summed E-state index contributed by atoms with van der Waals surface area (Å²) in [7, 11) is -3.37. The van der Waals surface area contributed by atoms with E-state index in [0.29, 0.717) is 0 Å². The molecule has 0 aliphatic rings. The van der Waals surface area contributed by atoms with Crippen molar-refractivity contribution < 1.29 is 13.2 Å². The molecule has 118 valence electrons. The number of carbonyl (C=O) groups excluding carboxylic acids is 1. The molecule has 10 heteroatoms. The fraction of sp³-hybridized carbons (Fsp3) is 0.455. The van der Waals surface area contributed by atoms with Crippen LogP contribution in [0.2, 0.25) is 5.15 Å². The Morgan fingerprint density at radius 3 is 2.57 bits per heavy atom. The van der Waals surface area contributed by atoms with Crippen LogP contribution in [0.15, 0.2) is 12.1 Å². The normalized spacial score (nSPS) is 12.0. The van der Waals surface area contributed by atoms with Crippen LogP contribution in [0.3, 0.4) is 0 Å². The topological polar surface area (TPSA) is 126 Å². The van der Waals surface area contributed by atoms with Crippen molar-refractivity contribution in [2.75, 3.05) is 18.2 Å². The average molecular weight is 336 g/mol. The number of nitrogens with two attached hydrogens (primary N) is 1. The van der Waals surface area contributed by atoms with Crippen molar-refractivity contribution in [3.05, 3.63) is 22.8 Å². The van der Waals surface area contributed by atoms with Crippen molar-refractivity contribution in [3.63, 3.8) is 0 Å². The van der Waals surface area contributed by atoms with Gasteiger partial charge < -0.3 is 10.7 Å². The number of rotatable bonds is 6. The molecule has 0 atom stereocenters. The lowest BCUT2D eigenvalue weighted by Crippen LogP contribution is -2.51. The monoisotopic (exact) mass is 335 g/mol. The average Bonchev–Trinajstić information content (AvgIpc) is 2.32. The molecule has 5 N–H and O–H groups in total. The van der Waals surface area contributed by atoms with Gasteiger partial charge in [0.05, 0.1) is 6.26 Å². The number of hydrogen-bond donors (Lipinski definition) is 4.